The van der Waals surface area contributed by atoms with E-state index in [0.717, 1.165) is 20.2 Å². The number of halogens is 1. The maximum absolute atomic E-state index is 12.8. The highest BCUT2D eigenvalue weighted by Gasteiger charge is 2.12. The Hall–Kier alpha value is -2.13. The van der Waals surface area contributed by atoms with Gasteiger partial charge in [-0.3, -0.25) is 4.79 Å². The standard InChI is InChI=1S/C18H13IN2O3S/c1-23-14-8-10(7-11(19)16(14)24-2)9-15-17(22)21-13-6-4-3-5-12(13)20-18(21)25-15/h3-9H,1-2H3/b15-9+. The fourth-order valence-electron chi connectivity index (χ4n) is 2.78. The number of hydrogen-bond donors (Lipinski definition) is 0. The van der Waals surface area contributed by atoms with Crippen molar-refractivity contribution in [1.82, 2.24) is 9.38 Å². The summed E-state index contributed by atoms with van der Waals surface area (Å²) in [5.74, 6) is 1.33. The third-order valence-corrected chi connectivity index (χ3v) is 5.67. The fraction of sp³-hybridized carbons (Fsp3) is 0.111. The Kier molecular flexibility index (Phi) is 4.12. The average molecular weight is 464 g/mol. The lowest BCUT2D eigenvalue weighted by Crippen LogP contribution is -2.22. The molecule has 4 rings (SSSR count). The van der Waals surface area contributed by atoms with Crippen molar-refractivity contribution in [3.05, 3.63) is 60.4 Å². The zero-order chi connectivity index (χ0) is 17.6. The molecule has 2 aromatic heterocycles. The summed E-state index contributed by atoms with van der Waals surface area (Å²) in [5, 5.41) is 0. The Labute approximate surface area is 160 Å². The number of aromatic nitrogens is 2. The lowest BCUT2D eigenvalue weighted by Gasteiger charge is -2.10. The van der Waals surface area contributed by atoms with Crippen LogP contribution in [0.15, 0.2) is 41.2 Å². The van der Waals surface area contributed by atoms with Crippen molar-refractivity contribution in [3.8, 4) is 11.5 Å². The zero-order valence-corrected chi connectivity index (χ0v) is 16.4. The first-order chi connectivity index (χ1) is 12.1. The predicted molar refractivity (Wildman–Crippen MR) is 108 cm³/mol. The molecule has 0 amide bonds. The van der Waals surface area contributed by atoms with Crippen molar-refractivity contribution in [2.45, 2.75) is 0 Å². The van der Waals surface area contributed by atoms with Gasteiger partial charge in [-0.25, -0.2) is 9.38 Å². The highest BCUT2D eigenvalue weighted by Crippen LogP contribution is 2.33. The second kappa shape index (κ2) is 6.30. The number of nitrogens with zero attached hydrogens (tertiary/aromatic N) is 2. The fourth-order valence-corrected chi connectivity index (χ4v) is 4.62. The quantitative estimate of drug-likeness (QED) is 0.438. The number of benzene rings is 2. The highest BCUT2D eigenvalue weighted by atomic mass is 127. The summed E-state index contributed by atoms with van der Waals surface area (Å²) >= 11 is 3.58. The van der Waals surface area contributed by atoms with Gasteiger partial charge in [-0.1, -0.05) is 23.5 Å². The maximum Gasteiger partial charge on any atom is 0.274 e. The van der Waals surface area contributed by atoms with E-state index in [9.17, 15) is 4.79 Å². The third-order valence-electron chi connectivity index (χ3n) is 3.90. The number of imidazole rings is 1. The maximum atomic E-state index is 12.8. The molecule has 4 aromatic rings. The van der Waals surface area contributed by atoms with E-state index in [4.69, 9.17) is 9.47 Å². The van der Waals surface area contributed by atoms with Crippen LogP contribution in [0.1, 0.15) is 5.56 Å². The molecule has 0 fully saturated rings. The molecule has 0 aliphatic rings. The zero-order valence-electron chi connectivity index (χ0n) is 13.4. The van der Waals surface area contributed by atoms with Gasteiger partial charge in [-0.2, -0.15) is 0 Å². The smallest absolute Gasteiger partial charge is 0.274 e. The van der Waals surface area contributed by atoms with Crippen LogP contribution in [0.2, 0.25) is 0 Å². The first-order valence-electron chi connectivity index (χ1n) is 7.45. The molecular weight excluding hydrogens is 451 g/mol. The Bertz CT molecular complexity index is 1210. The molecule has 0 atom stereocenters. The van der Waals surface area contributed by atoms with Crippen molar-refractivity contribution >= 4 is 56.0 Å². The SMILES string of the molecule is COc1cc(/C=c2/sc3nc4ccccc4n3c2=O)cc(I)c1OC. The van der Waals surface area contributed by atoms with Crippen LogP contribution in [0, 0.1) is 3.57 Å². The topological polar surface area (TPSA) is 52.8 Å². The molecule has 0 aliphatic carbocycles. The Morgan fingerprint density at radius 3 is 2.76 bits per heavy atom. The summed E-state index contributed by atoms with van der Waals surface area (Å²) in [4.78, 5) is 18.0. The number of hydrogen-bond acceptors (Lipinski definition) is 5. The van der Waals surface area contributed by atoms with E-state index in [-0.39, 0.29) is 5.56 Å². The van der Waals surface area contributed by atoms with Crippen molar-refractivity contribution in [2.24, 2.45) is 0 Å². The first-order valence-corrected chi connectivity index (χ1v) is 9.35. The van der Waals surface area contributed by atoms with Gasteiger partial charge in [0.1, 0.15) is 0 Å². The van der Waals surface area contributed by atoms with Crippen LogP contribution >= 0.6 is 33.9 Å². The largest absolute Gasteiger partial charge is 0.493 e. The minimum Gasteiger partial charge on any atom is -0.493 e. The molecule has 0 N–H and O–H groups in total. The molecule has 25 heavy (non-hydrogen) atoms. The van der Waals surface area contributed by atoms with Crippen molar-refractivity contribution in [1.29, 1.82) is 0 Å². The molecule has 0 unspecified atom stereocenters. The van der Waals surface area contributed by atoms with Crippen molar-refractivity contribution in [2.75, 3.05) is 14.2 Å². The monoisotopic (exact) mass is 464 g/mol. The molecule has 126 valence electrons. The number of ether oxygens (including phenoxy) is 2. The van der Waals surface area contributed by atoms with E-state index in [1.54, 1.807) is 18.6 Å². The number of rotatable bonds is 3. The molecular formula is C18H13IN2O3S. The molecule has 0 saturated heterocycles. The number of methoxy groups -OCH3 is 2. The second-order valence-corrected chi connectivity index (χ2v) is 7.54. The van der Waals surface area contributed by atoms with Gasteiger partial charge in [0, 0.05) is 0 Å². The molecule has 2 heterocycles. The first kappa shape index (κ1) is 16.3. The second-order valence-electron chi connectivity index (χ2n) is 5.37. The Morgan fingerprint density at radius 2 is 2.00 bits per heavy atom. The van der Waals surface area contributed by atoms with E-state index < -0.39 is 0 Å². The van der Waals surface area contributed by atoms with Crippen LogP contribution in [-0.2, 0) is 0 Å². The lowest BCUT2D eigenvalue weighted by molar-refractivity contribution is 0.353. The van der Waals surface area contributed by atoms with Crippen LogP contribution in [0.3, 0.4) is 0 Å². The Morgan fingerprint density at radius 1 is 1.20 bits per heavy atom. The highest BCUT2D eigenvalue weighted by molar-refractivity contribution is 14.1. The van der Waals surface area contributed by atoms with Crippen LogP contribution in [0.5, 0.6) is 11.5 Å². The van der Waals surface area contributed by atoms with Crippen molar-refractivity contribution in [3.63, 3.8) is 0 Å². The van der Waals surface area contributed by atoms with Gasteiger partial charge in [0.15, 0.2) is 16.5 Å². The molecule has 0 spiro atoms. The average Bonchev–Trinajstić information content (AvgIpc) is 3.11. The summed E-state index contributed by atoms with van der Waals surface area (Å²) in [5.41, 5.74) is 2.49. The van der Waals surface area contributed by atoms with Gasteiger partial charge in [0.25, 0.3) is 5.56 Å². The molecule has 7 heteroatoms. The minimum atomic E-state index is -0.0570. The van der Waals surface area contributed by atoms with Gasteiger partial charge in [-0.05, 0) is 58.5 Å². The number of para-hydroxylation sites is 2. The van der Waals surface area contributed by atoms with E-state index in [2.05, 4.69) is 27.6 Å². The minimum absolute atomic E-state index is 0.0570. The molecule has 2 aromatic carbocycles. The van der Waals surface area contributed by atoms with E-state index in [0.29, 0.717) is 21.0 Å². The van der Waals surface area contributed by atoms with Crippen LogP contribution in [0.25, 0.3) is 22.1 Å². The molecule has 0 saturated carbocycles. The van der Waals surface area contributed by atoms with Crippen LogP contribution in [0.4, 0.5) is 0 Å². The molecule has 5 nitrogen and oxygen atoms in total. The van der Waals surface area contributed by atoms with Crippen molar-refractivity contribution < 1.29 is 9.47 Å². The molecule has 0 aliphatic heterocycles. The normalized spacial score (nSPS) is 12.2. The summed E-state index contributed by atoms with van der Waals surface area (Å²) in [7, 11) is 3.21. The lowest BCUT2D eigenvalue weighted by atomic mass is 10.2. The third kappa shape index (κ3) is 2.67. The van der Waals surface area contributed by atoms with E-state index >= 15 is 0 Å². The summed E-state index contributed by atoms with van der Waals surface area (Å²) < 4.78 is 14.0. The van der Waals surface area contributed by atoms with Gasteiger partial charge in [0.05, 0.1) is 33.4 Å². The Balaban J connectivity index is 1.94. The summed E-state index contributed by atoms with van der Waals surface area (Å²) in [6.07, 6.45) is 1.86. The van der Waals surface area contributed by atoms with Crippen LogP contribution < -0.4 is 19.6 Å². The van der Waals surface area contributed by atoms with Gasteiger partial charge in [-0.15, -0.1) is 0 Å². The summed E-state index contributed by atoms with van der Waals surface area (Å²) in [6.45, 7) is 0. The number of fused-ring (bicyclic) bond motifs is 3. The summed E-state index contributed by atoms with van der Waals surface area (Å²) in [6, 6.07) is 11.5. The van der Waals surface area contributed by atoms with Gasteiger partial charge in [0.2, 0.25) is 0 Å². The van der Waals surface area contributed by atoms with E-state index in [1.165, 1.54) is 11.3 Å². The predicted octanol–water partition coefficient (Wildman–Crippen LogP) is 3.08. The van der Waals surface area contributed by atoms with E-state index in [1.807, 2.05) is 42.5 Å². The molecule has 0 bridgehead atoms. The molecule has 0 radical (unpaired) electrons. The number of thiazole rings is 1. The van der Waals surface area contributed by atoms with Crippen LogP contribution in [-0.4, -0.2) is 23.6 Å². The van der Waals surface area contributed by atoms with Gasteiger partial charge >= 0.3 is 0 Å². The van der Waals surface area contributed by atoms with Gasteiger partial charge < -0.3 is 9.47 Å².